The molecule has 0 saturated carbocycles. The Hall–Kier alpha value is -3.07. The number of nitrogens with one attached hydrogen (secondary N) is 1. The zero-order chi connectivity index (χ0) is 19.3. The second-order valence-corrected chi connectivity index (χ2v) is 7.18. The minimum atomic E-state index is 0.872. The van der Waals surface area contributed by atoms with E-state index >= 15 is 0 Å². The highest BCUT2D eigenvalue weighted by atomic mass is 16.5. The number of methoxy groups -OCH3 is 1. The van der Waals surface area contributed by atoms with Crippen molar-refractivity contribution in [2.45, 2.75) is 32.6 Å². The molecule has 2 heterocycles. The smallest absolute Gasteiger partial charge is 0.138 e. The third-order valence-electron chi connectivity index (χ3n) is 5.18. The van der Waals surface area contributed by atoms with E-state index in [0.29, 0.717) is 0 Å². The Labute approximate surface area is 166 Å². The molecule has 4 aromatic rings. The van der Waals surface area contributed by atoms with Crippen LogP contribution in [0.4, 0.5) is 0 Å². The number of unbranched alkanes of at least 4 members (excludes halogenated alkanes) is 3. The molecule has 0 radical (unpaired) electrons. The molecule has 2 aromatic carbocycles. The number of fused-ring (bicyclic) bond motifs is 3. The third kappa shape index (κ3) is 3.79. The molecule has 0 aliphatic carbocycles. The Morgan fingerprint density at radius 1 is 0.964 bits per heavy atom. The van der Waals surface area contributed by atoms with Crippen LogP contribution in [-0.2, 0) is 0 Å². The van der Waals surface area contributed by atoms with Gasteiger partial charge in [0.05, 0.1) is 7.11 Å². The molecule has 28 heavy (non-hydrogen) atoms. The van der Waals surface area contributed by atoms with Gasteiger partial charge in [-0.2, -0.15) is 0 Å². The fraction of sp³-hybridized carbons (Fsp3) is 0.240. The number of hydrogen-bond acceptors (Lipinski definition) is 2. The van der Waals surface area contributed by atoms with Crippen molar-refractivity contribution in [1.29, 1.82) is 0 Å². The third-order valence-corrected chi connectivity index (χ3v) is 5.18. The summed E-state index contributed by atoms with van der Waals surface area (Å²) < 4.78 is 5.27. The molecule has 0 amide bonds. The van der Waals surface area contributed by atoms with Gasteiger partial charge in [-0.05, 0) is 59.9 Å². The lowest BCUT2D eigenvalue weighted by molar-refractivity contribution is 0.415. The summed E-state index contributed by atoms with van der Waals surface area (Å²) in [5, 5.41) is 2.37. The maximum atomic E-state index is 5.27. The summed E-state index contributed by atoms with van der Waals surface area (Å²) >= 11 is 0. The van der Waals surface area contributed by atoms with Crippen LogP contribution in [0.3, 0.4) is 0 Å². The van der Waals surface area contributed by atoms with Crippen LogP contribution in [0.5, 0.6) is 5.75 Å². The number of pyridine rings is 1. The summed E-state index contributed by atoms with van der Waals surface area (Å²) in [5.74, 6) is 0.872. The van der Waals surface area contributed by atoms with Gasteiger partial charge in [-0.1, -0.05) is 50.1 Å². The second kappa shape index (κ2) is 8.30. The van der Waals surface area contributed by atoms with Gasteiger partial charge >= 0.3 is 0 Å². The van der Waals surface area contributed by atoms with Gasteiger partial charge in [0, 0.05) is 22.5 Å². The Bertz CT molecular complexity index is 1110. The number of allylic oxidation sites excluding steroid dienone is 1. The van der Waals surface area contributed by atoms with Crippen molar-refractivity contribution in [3.05, 3.63) is 66.4 Å². The minimum Gasteiger partial charge on any atom is -0.497 e. The molecule has 0 fully saturated rings. The Kier molecular flexibility index (Phi) is 5.43. The first-order valence-corrected chi connectivity index (χ1v) is 10.0. The number of rotatable bonds is 7. The predicted molar refractivity (Wildman–Crippen MR) is 119 cm³/mol. The molecule has 1 N–H and O–H groups in total. The molecule has 4 rings (SSSR count). The molecule has 0 unspecified atom stereocenters. The number of benzene rings is 2. The lowest BCUT2D eigenvalue weighted by atomic mass is 10.0. The predicted octanol–water partition coefficient (Wildman–Crippen LogP) is 6.99. The quantitative estimate of drug-likeness (QED) is 0.356. The number of hydrogen-bond donors (Lipinski definition) is 1. The molecule has 2 aromatic heterocycles. The largest absolute Gasteiger partial charge is 0.497 e. The Morgan fingerprint density at radius 3 is 2.57 bits per heavy atom. The van der Waals surface area contributed by atoms with Crippen molar-refractivity contribution < 1.29 is 4.74 Å². The molecule has 0 saturated heterocycles. The lowest BCUT2D eigenvalue weighted by Crippen LogP contribution is -1.83. The van der Waals surface area contributed by atoms with Crippen LogP contribution in [0.15, 0.2) is 60.8 Å². The van der Waals surface area contributed by atoms with E-state index in [4.69, 9.17) is 4.74 Å². The zero-order valence-corrected chi connectivity index (χ0v) is 16.5. The highest BCUT2D eigenvalue weighted by molar-refractivity contribution is 6.07. The van der Waals surface area contributed by atoms with Crippen LogP contribution < -0.4 is 4.74 Å². The maximum Gasteiger partial charge on any atom is 0.138 e. The van der Waals surface area contributed by atoms with Gasteiger partial charge in [0.1, 0.15) is 11.4 Å². The van der Waals surface area contributed by atoms with E-state index in [-0.39, 0.29) is 0 Å². The molecule has 0 atom stereocenters. The molecule has 0 aliphatic heterocycles. The second-order valence-electron chi connectivity index (χ2n) is 7.18. The maximum absolute atomic E-state index is 5.27. The van der Waals surface area contributed by atoms with Crippen molar-refractivity contribution in [2.75, 3.05) is 7.11 Å². The topological polar surface area (TPSA) is 37.9 Å². The van der Waals surface area contributed by atoms with Gasteiger partial charge in [-0.3, -0.25) is 0 Å². The van der Waals surface area contributed by atoms with Crippen LogP contribution in [0, 0.1) is 0 Å². The molecule has 0 spiro atoms. The van der Waals surface area contributed by atoms with Gasteiger partial charge < -0.3 is 9.72 Å². The number of H-pyrrole nitrogens is 1. The Balaban J connectivity index is 1.68. The van der Waals surface area contributed by atoms with Gasteiger partial charge in [-0.15, -0.1) is 0 Å². The summed E-state index contributed by atoms with van der Waals surface area (Å²) in [6, 6.07) is 16.9. The average Bonchev–Trinajstić information content (AvgIpc) is 3.11. The molecule has 0 aliphatic rings. The minimum absolute atomic E-state index is 0.872. The molecule has 3 heteroatoms. The summed E-state index contributed by atoms with van der Waals surface area (Å²) in [6.45, 7) is 2.23. The highest BCUT2D eigenvalue weighted by Gasteiger charge is 2.08. The van der Waals surface area contributed by atoms with E-state index in [1.165, 1.54) is 41.2 Å². The number of aromatic nitrogens is 2. The molecular weight excluding hydrogens is 344 g/mol. The summed E-state index contributed by atoms with van der Waals surface area (Å²) in [6.07, 6.45) is 11.3. The van der Waals surface area contributed by atoms with Crippen LogP contribution in [0.2, 0.25) is 0 Å². The van der Waals surface area contributed by atoms with Crippen molar-refractivity contribution in [2.24, 2.45) is 0 Å². The normalized spacial score (nSPS) is 11.6. The summed E-state index contributed by atoms with van der Waals surface area (Å²) in [7, 11) is 1.69. The summed E-state index contributed by atoms with van der Waals surface area (Å²) in [5.41, 5.74) is 5.57. The summed E-state index contributed by atoms with van der Waals surface area (Å²) in [4.78, 5) is 8.07. The van der Waals surface area contributed by atoms with Gasteiger partial charge in [-0.25, -0.2) is 4.98 Å². The standard InChI is InChI=1S/C25H26N2O/c1-3-4-5-6-7-8-18-15-23-22-16-20(19-9-12-21(28-2)13-10-19)11-14-24(22)27-25(23)26-17-18/h7-17H,3-6H2,1-2H3,(H,26,27). The van der Waals surface area contributed by atoms with Gasteiger partial charge in [0.2, 0.25) is 0 Å². The van der Waals surface area contributed by atoms with E-state index in [0.717, 1.165) is 28.9 Å². The monoisotopic (exact) mass is 370 g/mol. The fourth-order valence-corrected chi connectivity index (χ4v) is 3.58. The SMILES string of the molecule is CCCCCC=Cc1cnc2[nH]c3ccc(-c4ccc(OC)cc4)cc3c2c1. The van der Waals surface area contributed by atoms with E-state index in [2.05, 4.69) is 65.4 Å². The first-order valence-electron chi connectivity index (χ1n) is 10.0. The van der Waals surface area contributed by atoms with Crippen molar-refractivity contribution in [1.82, 2.24) is 9.97 Å². The van der Waals surface area contributed by atoms with E-state index < -0.39 is 0 Å². The Morgan fingerprint density at radius 2 is 1.79 bits per heavy atom. The lowest BCUT2D eigenvalue weighted by Gasteiger charge is -2.04. The van der Waals surface area contributed by atoms with Gasteiger partial charge in [0.25, 0.3) is 0 Å². The average molecular weight is 370 g/mol. The highest BCUT2D eigenvalue weighted by Crippen LogP contribution is 2.30. The zero-order valence-electron chi connectivity index (χ0n) is 16.5. The number of nitrogens with zero attached hydrogens (tertiary/aromatic N) is 1. The van der Waals surface area contributed by atoms with Crippen molar-refractivity contribution in [3.63, 3.8) is 0 Å². The number of aromatic amines is 1. The van der Waals surface area contributed by atoms with Crippen molar-refractivity contribution in [3.8, 4) is 16.9 Å². The van der Waals surface area contributed by atoms with Crippen molar-refractivity contribution >= 4 is 28.0 Å². The molecule has 142 valence electrons. The molecular formula is C25H26N2O. The fourth-order valence-electron chi connectivity index (χ4n) is 3.58. The van der Waals surface area contributed by atoms with Crippen LogP contribution in [-0.4, -0.2) is 17.1 Å². The van der Waals surface area contributed by atoms with Crippen LogP contribution in [0.25, 0.3) is 39.1 Å². The molecule has 3 nitrogen and oxygen atoms in total. The van der Waals surface area contributed by atoms with E-state index in [1.54, 1.807) is 7.11 Å². The number of ether oxygens (including phenoxy) is 1. The van der Waals surface area contributed by atoms with E-state index in [9.17, 15) is 0 Å². The van der Waals surface area contributed by atoms with Gasteiger partial charge in [0.15, 0.2) is 0 Å². The van der Waals surface area contributed by atoms with Crippen LogP contribution in [0.1, 0.15) is 38.2 Å². The van der Waals surface area contributed by atoms with E-state index in [1.807, 2.05) is 18.3 Å². The molecule has 0 bridgehead atoms. The van der Waals surface area contributed by atoms with Crippen LogP contribution >= 0.6 is 0 Å². The first-order chi connectivity index (χ1) is 13.8. The first kappa shape index (κ1) is 18.3.